The minimum atomic E-state index is -0.123. The van der Waals surface area contributed by atoms with Crippen LogP contribution in [-0.2, 0) is 16.6 Å². The summed E-state index contributed by atoms with van der Waals surface area (Å²) in [5, 5.41) is 0.798. The van der Waals surface area contributed by atoms with Gasteiger partial charge in [-0.2, -0.15) is 0 Å². The van der Waals surface area contributed by atoms with Gasteiger partial charge in [-0.3, -0.25) is 9.52 Å². The smallest absolute Gasteiger partial charge is 0.261 e. The molecule has 214 valence electrons. The molecule has 5 nitrogen and oxygen atoms in total. The largest absolute Gasteiger partial charge is 0.490 e. The third kappa shape index (κ3) is 5.39. The fourth-order valence-corrected chi connectivity index (χ4v) is 8.21. The van der Waals surface area contributed by atoms with E-state index in [-0.39, 0.29) is 17.4 Å². The van der Waals surface area contributed by atoms with Crippen molar-refractivity contribution >= 4 is 35.1 Å². The predicted molar refractivity (Wildman–Crippen MR) is 165 cm³/mol. The highest BCUT2D eigenvalue weighted by atomic mass is 35.5. The van der Waals surface area contributed by atoms with Crippen LogP contribution >= 0.6 is 23.5 Å². The van der Waals surface area contributed by atoms with Gasteiger partial charge in [0.2, 0.25) is 0 Å². The van der Waals surface area contributed by atoms with Crippen molar-refractivity contribution in [2.24, 2.45) is 23.7 Å². The van der Waals surface area contributed by atoms with Crippen molar-refractivity contribution in [2.45, 2.75) is 57.5 Å². The number of nitrogens with zero attached hydrogens (tertiary/aromatic N) is 1. The highest BCUT2D eigenvalue weighted by Gasteiger charge is 2.44. The minimum absolute atomic E-state index is 0.0483. The quantitative estimate of drug-likeness (QED) is 0.289. The Labute approximate surface area is 248 Å². The maximum absolute atomic E-state index is 13.2. The zero-order valence-electron chi connectivity index (χ0n) is 23.8. The number of hydrogen-bond acceptors (Lipinski definition) is 5. The van der Waals surface area contributed by atoms with Crippen molar-refractivity contribution in [1.29, 1.82) is 0 Å². The van der Waals surface area contributed by atoms with Gasteiger partial charge in [0.15, 0.2) is 0 Å². The Morgan fingerprint density at radius 1 is 1.15 bits per heavy atom. The van der Waals surface area contributed by atoms with Crippen LogP contribution in [0, 0.1) is 23.7 Å². The van der Waals surface area contributed by atoms with Crippen molar-refractivity contribution in [2.75, 3.05) is 37.5 Å². The molecule has 1 N–H and O–H groups in total. The third-order valence-electron chi connectivity index (χ3n) is 9.94. The molecule has 40 heavy (non-hydrogen) atoms. The first kappa shape index (κ1) is 28.0. The summed E-state index contributed by atoms with van der Waals surface area (Å²) in [6.07, 6.45) is 10.3. The zero-order valence-corrected chi connectivity index (χ0v) is 25.4. The monoisotopic (exact) mass is 580 g/mol. The molecule has 1 saturated carbocycles. The van der Waals surface area contributed by atoms with E-state index in [0.717, 1.165) is 54.6 Å². The molecule has 2 bridgehead atoms. The summed E-state index contributed by atoms with van der Waals surface area (Å²) in [7, 11) is 1.85. The highest BCUT2D eigenvalue weighted by molar-refractivity contribution is 7.97. The molecule has 2 aromatic carbocycles. The normalized spacial score (nSPS) is 33.0. The Morgan fingerprint density at radius 3 is 2.83 bits per heavy atom. The lowest BCUT2D eigenvalue weighted by molar-refractivity contribution is 0.0130. The van der Waals surface area contributed by atoms with E-state index in [1.807, 2.05) is 25.3 Å². The van der Waals surface area contributed by atoms with Crippen LogP contribution in [0.2, 0.25) is 5.02 Å². The van der Waals surface area contributed by atoms with E-state index in [1.165, 1.54) is 35.9 Å². The van der Waals surface area contributed by atoms with Crippen LogP contribution in [0.25, 0.3) is 0 Å². The Hall–Kier alpha value is -2.15. The van der Waals surface area contributed by atoms with E-state index in [0.29, 0.717) is 35.8 Å². The number of benzene rings is 2. The number of hydrogen-bond donors (Lipinski definition) is 1. The Bertz CT molecular complexity index is 1280. The molecule has 1 fully saturated rings. The molecule has 2 aliphatic heterocycles. The Morgan fingerprint density at radius 2 is 2.02 bits per heavy atom. The number of carbonyl (C=O) groups is 1. The van der Waals surface area contributed by atoms with Gasteiger partial charge in [-0.25, -0.2) is 0 Å². The molecule has 0 aromatic heterocycles. The number of nitrogens with one attached hydrogen (secondary N) is 1. The second kappa shape index (κ2) is 11.6. The van der Waals surface area contributed by atoms with Gasteiger partial charge >= 0.3 is 0 Å². The molecule has 4 aliphatic rings. The maximum atomic E-state index is 13.2. The number of anilines is 1. The van der Waals surface area contributed by atoms with Crippen molar-refractivity contribution < 1.29 is 14.3 Å². The lowest BCUT2D eigenvalue weighted by Gasteiger charge is -2.46. The van der Waals surface area contributed by atoms with E-state index in [9.17, 15) is 4.79 Å². The van der Waals surface area contributed by atoms with Gasteiger partial charge < -0.3 is 14.4 Å². The SMILES string of the molecule is CO[C@@H]1/C=C\[C@H](C)[C@H](C)CSNC(=O)c2ccc3c(c2)N(C[C@@H]2CC[C@H]21)C[C@@]1(CCCc2cc(Cl)ccc21)CO3. The molecule has 2 aromatic rings. The summed E-state index contributed by atoms with van der Waals surface area (Å²) in [5.74, 6) is 3.51. The predicted octanol–water partition coefficient (Wildman–Crippen LogP) is 7.07. The molecule has 2 aliphatic carbocycles. The van der Waals surface area contributed by atoms with Gasteiger partial charge in [-0.15, -0.1) is 0 Å². The molecule has 2 heterocycles. The van der Waals surface area contributed by atoms with E-state index < -0.39 is 0 Å². The third-order valence-corrected chi connectivity index (χ3v) is 11.2. The molecule has 6 rings (SSSR count). The molecular weight excluding hydrogens is 540 g/mol. The highest BCUT2D eigenvalue weighted by Crippen LogP contribution is 2.47. The summed E-state index contributed by atoms with van der Waals surface area (Å²) in [4.78, 5) is 15.8. The molecule has 0 unspecified atom stereocenters. The molecular formula is C33H41ClN2O3S. The van der Waals surface area contributed by atoms with Crippen molar-refractivity contribution in [3.8, 4) is 5.75 Å². The number of carbonyl (C=O) groups excluding carboxylic acids is 1. The number of methoxy groups -OCH3 is 1. The average Bonchev–Trinajstić information content (AvgIpc) is 3.09. The number of allylic oxidation sites excluding steroid dienone is 1. The first-order valence-electron chi connectivity index (χ1n) is 14.8. The summed E-state index contributed by atoms with van der Waals surface area (Å²) < 4.78 is 15.8. The molecule has 0 saturated heterocycles. The maximum Gasteiger partial charge on any atom is 0.261 e. The molecule has 1 amide bonds. The molecule has 1 spiro atoms. The van der Waals surface area contributed by atoms with Crippen LogP contribution in [0.3, 0.4) is 0 Å². The number of ether oxygens (including phenoxy) is 2. The van der Waals surface area contributed by atoms with Crippen LogP contribution in [-0.4, -0.2) is 44.6 Å². The Balaban J connectivity index is 1.39. The molecule has 6 atom stereocenters. The van der Waals surface area contributed by atoms with Crippen LogP contribution < -0.4 is 14.4 Å². The number of amides is 1. The van der Waals surface area contributed by atoms with Gasteiger partial charge in [0, 0.05) is 42.0 Å². The second-order valence-electron chi connectivity index (χ2n) is 12.5. The molecule has 7 heteroatoms. The topological polar surface area (TPSA) is 50.8 Å². The van der Waals surface area contributed by atoms with E-state index >= 15 is 0 Å². The average molecular weight is 581 g/mol. The lowest BCUT2D eigenvalue weighted by atomic mass is 9.68. The second-order valence-corrected chi connectivity index (χ2v) is 13.7. The van der Waals surface area contributed by atoms with Crippen molar-refractivity contribution in [3.63, 3.8) is 0 Å². The lowest BCUT2D eigenvalue weighted by Crippen LogP contribution is -2.49. The number of aryl methyl sites for hydroxylation is 1. The molecule has 0 radical (unpaired) electrons. The summed E-state index contributed by atoms with van der Waals surface area (Å²) in [6.45, 7) is 6.91. The minimum Gasteiger partial charge on any atom is -0.490 e. The fraction of sp³-hybridized carbons (Fsp3) is 0.545. The van der Waals surface area contributed by atoms with E-state index in [2.05, 4.69) is 53.8 Å². The van der Waals surface area contributed by atoms with Gasteiger partial charge in [0.1, 0.15) is 5.75 Å². The van der Waals surface area contributed by atoms with Gasteiger partial charge in [-0.05, 0) is 109 Å². The van der Waals surface area contributed by atoms with Gasteiger partial charge in [0.05, 0.1) is 18.4 Å². The van der Waals surface area contributed by atoms with Gasteiger partial charge in [-0.1, -0.05) is 43.7 Å². The summed E-state index contributed by atoms with van der Waals surface area (Å²) >= 11 is 7.92. The van der Waals surface area contributed by atoms with Crippen LogP contribution in [0.5, 0.6) is 5.75 Å². The first-order chi connectivity index (χ1) is 19.4. The zero-order chi connectivity index (χ0) is 27.9. The van der Waals surface area contributed by atoms with E-state index in [4.69, 9.17) is 21.1 Å². The first-order valence-corrected chi connectivity index (χ1v) is 16.2. The van der Waals surface area contributed by atoms with Crippen molar-refractivity contribution in [1.82, 2.24) is 4.72 Å². The standard InChI is InChI=1S/C33H41ClN2O3S/c1-21-6-12-30(38-3)27-10-7-25(27)17-36-19-33(14-4-5-23-15-26(34)9-11-28(23)33)20-39-31-13-8-24(16-29(31)36)32(37)35-40-18-22(21)2/h6,8-9,11-13,15-16,21-22,25,27,30H,4-5,7,10,14,17-20H2,1-3H3,(H,35,37)/b12-6-/t21-,22+,25-,27+,30+,33-/m0/s1. The summed E-state index contributed by atoms with van der Waals surface area (Å²) in [6, 6.07) is 12.4. The number of rotatable bonds is 1. The Kier molecular flexibility index (Phi) is 8.13. The van der Waals surface area contributed by atoms with Crippen molar-refractivity contribution in [3.05, 3.63) is 70.3 Å². The number of fused-ring (bicyclic) bond motifs is 4. The van der Waals surface area contributed by atoms with Crippen LogP contribution in [0.4, 0.5) is 5.69 Å². The van der Waals surface area contributed by atoms with Gasteiger partial charge in [0.25, 0.3) is 5.91 Å². The number of halogens is 1. The summed E-state index contributed by atoms with van der Waals surface area (Å²) in [5.41, 5.74) is 4.29. The van der Waals surface area contributed by atoms with Crippen LogP contribution in [0.1, 0.15) is 61.0 Å². The van der Waals surface area contributed by atoms with Crippen LogP contribution in [0.15, 0.2) is 48.6 Å². The fourth-order valence-electron chi connectivity index (χ4n) is 7.11. The van der Waals surface area contributed by atoms with E-state index in [1.54, 1.807) is 0 Å².